The fraction of sp³-hybridized carbons (Fsp3) is 0.462. The predicted octanol–water partition coefficient (Wildman–Crippen LogP) is 3.73. The summed E-state index contributed by atoms with van der Waals surface area (Å²) in [5.74, 6) is -1.02. The Bertz CT molecular complexity index is 1240. The lowest BCUT2D eigenvalue weighted by Crippen LogP contribution is -2.42. The molecule has 36 heavy (non-hydrogen) atoms. The summed E-state index contributed by atoms with van der Waals surface area (Å²) in [5, 5.41) is 9.32. The first-order chi connectivity index (χ1) is 17.0. The van der Waals surface area contributed by atoms with E-state index in [2.05, 4.69) is 9.80 Å². The second kappa shape index (κ2) is 10.8. The first-order valence-electron chi connectivity index (χ1n) is 12.1. The van der Waals surface area contributed by atoms with Gasteiger partial charge in [0.25, 0.3) is 0 Å². The quantitative estimate of drug-likeness (QED) is 0.550. The van der Waals surface area contributed by atoms with Crippen LogP contribution < -0.4 is 4.90 Å². The Morgan fingerprint density at radius 1 is 1.08 bits per heavy atom. The maximum Gasteiger partial charge on any atom is 0.306 e. The highest BCUT2D eigenvalue weighted by molar-refractivity contribution is 7.99. The van der Waals surface area contributed by atoms with Gasteiger partial charge >= 0.3 is 5.97 Å². The Morgan fingerprint density at radius 3 is 2.39 bits per heavy atom. The second-order valence-electron chi connectivity index (χ2n) is 9.73. The van der Waals surface area contributed by atoms with Crippen molar-refractivity contribution in [1.29, 1.82) is 0 Å². The number of amides is 1. The fourth-order valence-electron chi connectivity index (χ4n) is 4.83. The van der Waals surface area contributed by atoms with E-state index in [0.717, 1.165) is 27.7 Å². The SMILES string of the molecule is CN(C)C(=O)CC(CCN1CCC(C(=O)O)CC1)N1c2ccccc2Sc2ccc(S(C)(=O)=O)cc21. The molecule has 2 aliphatic rings. The van der Waals surface area contributed by atoms with Crippen LogP contribution in [0.3, 0.4) is 0 Å². The van der Waals surface area contributed by atoms with Gasteiger partial charge in [0.15, 0.2) is 9.84 Å². The lowest BCUT2D eigenvalue weighted by molar-refractivity contribution is -0.143. The zero-order chi connectivity index (χ0) is 26.0. The van der Waals surface area contributed by atoms with Gasteiger partial charge in [-0.2, -0.15) is 0 Å². The Labute approximate surface area is 217 Å². The molecule has 194 valence electrons. The van der Waals surface area contributed by atoms with E-state index in [0.29, 0.717) is 32.4 Å². The molecule has 0 bridgehead atoms. The number of anilines is 2. The Hall–Kier alpha value is -2.56. The van der Waals surface area contributed by atoms with Crippen LogP contribution in [0.4, 0.5) is 11.4 Å². The minimum Gasteiger partial charge on any atom is -0.481 e. The van der Waals surface area contributed by atoms with Crippen molar-refractivity contribution in [2.75, 3.05) is 44.9 Å². The molecule has 1 fully saturated rings. The lowest BCUT2D eigenvalue weighted by Gasteiger charge is -2.40. The molecule has 2 aromatic carbocycles. The van der Waals surface area contributed by atoms with Gasteiger partial charge in [0.1, 0.15) is 0 Å². The van der Waals surface area contributed by atoms with Gasteiger partial charge < -0.3 is 19.8 Å². The number of hydrogen-bond acceptors (Lipinski definition) is 7. The van der Waals surface area contributed by atoms with Gasteiger partial charge in [-0.25, -0.2) is 8.42 Å². The fourth-order valence-corrected chi connectivity index (χ4v) is 6.52. The Balaban J connectivity index is 1.68. The standard InChI is InChI=1S/C26H33N3O5S2/c1-27(2)25(30)16-19(12-15-28-13-10-18(11-14-28)26(31)32)29-21-6-4-5-7-23(21)35-24-9-8-20(17-22(24)29)36(3,33)34/h4-9,17-19H,10-16H2,1-3H3,(H,31,32). The van der Waals surface area contributed by atoms with Crippen molar-refractivity contribution >= 4 is 44.9 Å². The number of benzene rings is 2. The third-order valence-electron chi connectivity index (χ3n) is 6.95. The van der Waals surface area contributed by atoms with Crippen molar-refractivity contribution in [2.45, 2.75) is 46.4 Å². The molecule has 0 aliphatic carbocycles. The third-order valence-corrected chi connectivity index (χ3v) is 9.19. The summed E-state index contributed by atoms with van der Waals surface area (Å²) in [4.78, 5) is 32.5. The highest BCUT2D eigenvalue weighted by Crippen LogP contribution is 2.50. The monoisotopic (exact) mass is 531 g/mol. The van der Waals surface area contributed by atoms with Gasteiger partial charge in [0, 0.05) is 49.1 Å². The summed E-state index contributed by atoms with van der Waals surface area (Å²) in [5.41, 5.74) is 1.75. The van der Waals surface area contributed by atoms with E-state index in [-0.39, 0.29) is 29.2 Å². The molecule has 1 unspecified atom stereocenters. The van der Waals surface area contributed by atoms with Crippen molar-refractivity contribution in [3.8, 4) is 0 Å². The van der Waals surface area contributed by atoms with Crippen LogP contribution in [0.15, 0.2) is 57.2 Å². The largest absolute Gasteiger partial charge is 0.481 e. The van der Waals surface area contributed by atoms with E-state index in [1.165, 1.54) is 6.26 Å². The van der Waals surface area contributed by atoms with Crippen LogP contribution in [-0.2, 0) is 19.4 Å². The summed E-state index contributed by atoms with van der Waals surface area (Å²) in [7, 11) is 0.0754. The molecule has 0 spiro atoms. The van der Waals surface area contributed by atoms with E-state index in [4.69, 9.17) is 0 Å². The molecule has 8 nitrogen and oxygen atoms in total. The Kier molecular flexibility index (Phi) is 7.96. The zero-order valence-corrected chi connectivity index (χ0v) is 22.5. The molecule has 2 aliphatic heterocycles. The van der Waals surface area contributed by atoms with E-state index in [1.807, 2.05) is 30.3 Å². The van der Waals surface area contributed by atoms with Gasteiger partial charge in [0.2, 0.25) is 5.91 Å². The predicted molar refractivity (Wildman–Crippen MR) is 141 cm³/mol. The van der Waals surface area contributed by atoms with Gasteiger partial charge in [-0.05, 0) is 62.7 Å². The lowest BCUT2D eigenvalue weighted by atomic mass is 9.96. The molecule has 1 saturated heterocycles. The highest BCUT2D eigenvalue weighted by atomic mass is 32.2. The van der Waals surface area contributed by atoms with Crippen LogP contribution >= 0.6 is 11.8 Å². The maximum absolute atomic E-state index is 12.9. The Morgan fingerprint density at radius 2 is 1.75 bits per heavy atom. The molecule has 10 heteroatoms. The van der Waals surface area contributed by atoms with Crippen molar-refractivity contribution in [3.63, 3.8) is 0 Å². The second-order valence-corrected chi connectivity index (χ2v) is 12.8. The number of carbonyl (C=O) groups is 2. The number of carbonyl (C=O) groups excluding carboxylic acids is 1. The van der Waals surface area contributed by atoms with Gasteiger partial charge in [-0.1, -0.05) is 23.9 Å². The van der Waals surface area contributed by atoms with Crippen LogP contribution in [0.25, 0.3) is 0 Å². The van der Waals surface area contributed by atoms with Crippen molar-refractivity contribution in [2.24, 2.45) is 5.92 Å². The first kappa shape index (κ1) is 26.5. The molecule has 1 atom stereocenters. The van der Waals surface area contributed by atoms with E-state index in [9.17, 15) is 23.1 Å². The smallest absolute Gasteiger partial charge is 0.306 e. The van der Waals surface area contributed by atoms with E-state index in [1.54, 1.807) is 42.9 Å². The average molecular weight is 532 g/mol. The number of carboxylic acids is 1. The summed E-state index contributed by atoms with van der Waals surface area (Å²) < 4.78 is 24.8. The van der Waals surface area contributed by atoms with Crippen LogP contribution in [0.2, 0.25) is 0 Å². The molecule has 2 heterocycles. The molecule has 1 N–H and O–H groups in total. The summed E-state index contributed by atoms with van der Waals surface area (Å²) in [6.45, 7) is 2.16. The normalized spacial score (nSPS) is 17.2. The van der Waals surface area contributed by atoms with Crippen molar-refractivity contribution in [3.05, 3.63) is 42.5 Å². The van der Waals surface area contributed by atoms with Crippen molar-refractivity contribution in [1.82, 2.24) is 9.80 Å². The average Bonchev–Trinajstić information content (AvgIpc) is 2.84. The van der Waals surface area contributed by atoms with Crippen LogP contribution in [0, 0.1) is 5.92 Å². The summed E-state index contributed by atoms with van der Waals surface area (Å²) in [6, 6.07) is 13.0. The summed E-state index contributed by atoms with van der Waals surface area (Å²) in [6.07, 6.45) is 3.41. The third kappa shape index (κ3) is 5.87. The number of fused-ring (bicyclic) bond motifs is 2. The molecule has 0 radical (unpaired) electrons. The number of para-hydroxylation sites is 1. The number of rotatable bonds is 8. The van der Waals surface area contributed by atoms with Crippen LogP contribution in [-0.4, -0.2) is 81.2 Å². The number of nitrogens with zero attached hydrogens (tertiary/aromatic N) is 3. The molecular formula is C26H33N3O5S2. The van der Waals surface area contributed by atoms with Crippen molar-refractivity contribution < 1.29 is 23.1 Å². The first-order valence-corrected chi connectivity index (χ1v) is 14.8. The topological polar surface area (TPSA) is 98.2 Å². The van der Waals surface area contributed by atoms with E-state index >= 15 is 0 Å². The molecule has 0 saturated carbocycles. The highest BCUT2D eigenvalue weighted by Gasteiger charge is 2.33. The van der Waals surface area contributed by atoms with Gasteiger partial charge in [-0.15, -0.1) is 0 Å². The number of hydrogen-bond donors (Lipinski definition) is 1. The number of likely N-dealkylation sites (tertiary alicyclic amines) is 1. The maximum atomic E-state index is 12.9. The van der Waals surface area contributed by atoms with E-state index < -0.39 is 15.8 Å². The van der Waals surface area contributed by atoms with Gasteiger partial charge in [-0.3, -0.25) is 9.59 Å². The number of carboxylic acid groups (broad SMARTS) is 1. The molecule has 2 aromatic rings. The van der Waals surface area contributed by atoms with Crippen LogP contribution in [0.1, 0.15) is 25.7 Å². The molecule has 4 rings (SSSR count). The number of aliphatic carboxylic acids is 1. The minimum atomic E-state index is -3.41. The zero-order valence-electron chi connectivity index (χ0n) is 20.9. The van der Waals surface area contributed by atoms with Gasteiger partial charge in [0.05, 0.1) is 22.2 Å². The molecule has 1 amide bonds. The van der Waals surface area contributed by atoms with Crippen LogP contribution in [0.5, 0.6) is 0 Å². The molecule has 0 aromatic heterocycles. The number of sulfone groups is 1. The minimum absolute atomic E-state index is 0.00103. The molecular weight excluding hydrogens is 498 g/mol. The summed E-state index contributed by atoms with van der Waals surface area (Å²) >= 11 is 1.60. The number of piperidine rings is 1.